The van der Waals surface area contributed by atoms with Gasteiger partial charge in [0, 0.05) is 10.8 Å². The van der Waals surface area contributed by atoms with Gasteiger partial charge in [0.2, 0.25) is 0 Å². The van der Waals surface area contributed by atoms with E-state index in [2.05, 4.69) is 38.1 Å². The molecule has 2 heteroatoms. The first-order chi connectivity index (χ1) is 8.59. The van der Waals surface area contributed by atoms with Crippen molar-refractivity contribution < 1.29 is 0 Å². The zero-order valence-corrected chi connectivity index (χ0v) is 12.7. The lowest BCUT2D eigenvalue weighted by Gasteiger charge is -2.29. The van der Waals surface area contributed by atoms with Crippen molar-refractivity contribution in [2.75, 3.05) is 0 Å². The predicted octanol–water partition coefficient (Wildman–Crippen LogP) is 5.68. The van der Waals surface area contributed by atoms with E-state index in [0.717, 1.165) is 12.8 Å². The molecule has 2 atom stereocenters. The number of alkyl halides is 2. The molecule has 0 nitrogen and oxygen atoms in total. The van der Waals surface area contributed by atoms with E-state index in [9.17, 15) is 0 Å². The van der Waals surface area contributed by atoms with Crippen LogP contribution in [0.2, 0.25) is 0 Å². The van der Waals surface area contributed by atoms with E-state index in [1.54, 1.807) is 0 Å². The van der Waals surface area contributed by atoms with Crippen molar-refractivity contribution in [1.29, 1.82) is 0 Å². The lowest BCUT2D eigenvalue weighted by molar-refractivity contribution is 0.445. The van der Waals surface area contributed by atoms with Crippen LogP contribution in [0.5, 0.6) is 0 Å². The van der Waals surface area contributed by atoms with Crippen LogP contribution < -0.4 is 0 Å². The maximum atomic E-state index is 6.28. The molecule has 0 aliphatic heterocycles. The van der Waals surface area contributed by atoms with Crippen molar-refractivity contribution in [1.82, 2.24) is 0 Å². The van der Waals surface area contributed by atoms with Crippen LogP contribution in [0.3, 0.4) is 0 Å². The largest absolute Gasteiger partial charge is 0.123 e. The number of hydrogen-bond donors (Lipinski definition) is 0. The molecule has 0 heterocycles. The predicted molar refractivity (Wildman–Crippen MR) is 81.0 cm³/mol. The molecular weight excluding hydrogens is 263 g/mol. The highest BCUT2D eigenvalue weighted by molar-refractivity contribution is 6.21. The second-order valence-electron chi connectivity index (χ2n) is 5.54. The molecule has 1 aliphatic carbocycles. The van der Waals surface area contributed by atoms with Crippen LogP contribution in [0.15, 0.2) is 24.3 Å². The first kappa shape index (κ1) is 14.2. The Balaban J connectivity index is 2.22. The van der Waals surface area contributed by atoms with E-state index in [4.69, 9.17) is 23.2 Å². The molecule has 0 bridgehead atoms. The lowest BCUT2D eigenvalue weighted by atomic mass is 9.79. The van der Waals surface area contributed by atoms with E-state index < -0.39 is 0 Å². The minimum atomic E-state index is 0.176. The summed E-state index contributed by atoms with van der Waals surface area (Å²) >= 11 is 12.5. The average molecular weight is 285 g/mol. The summed E-state index contributed by atoms with van der Waals surface area (Å²) in [5.74, 6) is 1.09. The highest BCUT2D eigenvalue weighted by atomic mass is 35.5. The first-order valence-corrected chi connectivity index (χ1v) is 7.84. The normalized spacial score (nSPS) is 27.8. The van der Waals surface area contributed by atoms with Crippen molar-refractivity contribution in [2.24, 2.45) is 0 Å². The van der Waals surface area contributed by atoms with Gasteiger partial charge in [-0.15, -0.1) is 23.2 Å². The van der Waals surface area contributed by atoms with Crippen LogP contribution in [0.4, 0.5) is 0 Å². The molecule has 1 fully saturated rings. The Morgan fingerprint density at radius 3 is 2.28 bits per heavy atom. The van der Waals surface area contributed by atoms with Crippen LogP contribution in [0.1, 0.15) is 62.5 Å². The zero-order chi connectivity index (χ0) is 13.1. The second-order valence-corrected chi connectivity index (χ2v) is 6.85. The van der Waals surface area contributed by atoms with Crippen LogP contribution in [0, 0.1) is 0 Å². The quantitative estimate of drug-likeness (QED) is 0.626. The van der Waals surface area contributed by atoms with Crippen molar-refractivity contribution in [3.8, 4) is 0 Å². The Morgan fingerprint density at radius 1 is 1.06 bits per heavy atom. The summed E-state index contributed by atoms with van der Waals surface area (Å²) in [6.07, 6.45) is 4.72. The number of hydrogen-bond acceptors (Lipinski definition) is 0. The summed E-state index contributed by atoms with van der Waals surface area (Å²) in [5, 5.41) is 0.563. The van der Waals surface area contributed by atoms with Gasteiger partial charge in [0.15, 0.2) is 0 Å². The molecule has 1 saturated carbocycles. The molecule has 0 amide bonds. The summed E-state index contributed by atoms with van der Waals surface area (Å²) in [6, 6.07) is 8.80. The molecule has 18 heavy (non-hydrogen) atoms. The van der Waals surface area contributed by atoms with E-state index >= 15 is 0 Å². The van der Waals surface area contributed by atoms with Gasteiger partial charge in [0.05, 0.1) is 0 Å². The van der Waals surface area contributed by atoms with Gasteiger partial charge >= 0.3 is 0 Å². The summed E-state index contributed by atoms with van der Waals surface area (Å²) in [5.41, 5.74) is 2.93. The summed E-state index contributed by atoms with van der Waals surface area (Å²) in [7, 11) is 0. The minimum absolute atomic E-state index is 0.176. The van der Waals surface area contributed by atoms with Crippen LogP contribution in [-0.2, 0) is 0 Å². The van der Waals surface area contributed by atoms with E-state index in [-0.39, 0.29) is 5.38 Å². The fourth-order valence-electron chi connectivity index (χ4n) is 2.91. The number of halogens is 2. The smallest absolute Gasteiger partial charge is 0.0373 e. The van der Waals surface area contributed by atoms with Gasteiger partial charge in [-0.3, -0.25) is 0 Å². The minimum Gasteiger partial charge on any atom is -0.123 e. The van der Waals surface area contributed by atoms with Crippen LogP contribution in [0.25, 0.3) is 0 Å². The zero-order valence-electron chi connectivity index (χ0n) is 11.2. The van der Waals surface area contributed by atoms with Crippen molar-refractivity contribution in [3.63, 3.8) is 0 Å². The third kappa shape index (κ3) is 3.22. The monoisotopic (exact) mass is 284 g/mol. The van der Waals surface area contributed by atoms with Crippen molar-refractivity contribution >= 4 is 23.2 Å². The summed E-state index contributed by atoms with van der Waals surface area (Å²) in [4.78, 5) is 0. The topological polar surface area (TPSA) is 0 Å². The standard InChI is InChI=1S/C16H22Cl2/c1-11(12(2)17)15-5-3-4-6-16(15)13-7-9-14(18)10-8-13/h3-6,11-14H,7-10H2,1-2H3. The molecule has 0 aromatic heterocycles. The fraction of sp³-hybridized carbons (Fsp3) is 0.625. The van der Waals surface area contributed by atoms with Gasteiger partial charge in [0.1, 0.15) is 0 Å². The summed E-state index contributed by atoms with van der Waals surface area (Å²) in [6.45, 7) is 4.31. The molecule has 2 unspecified atom stereocenters. The van der Waals surface area contributed by atoms with E-state index in [0.29, 0.717) is 17.2 Å². The van der Waals surface area contributed by atoms with Gasteiger partial charge in [-0.1, -0.05) is 31.2 Å². The molecule has 0 spiro atoms. The molecular formula is C16H22Cl2. The molecule has 0 N–H and O–H groups in total. The van der Waals surface area contributed by atoms with Crippen molar-refractivity contribution in [2.45, 2.75) is 62.1 Å². The molecule has 100 valence electrons. The van der Waals surface area contributed by atoms with E-state index in [1.807, 2.05) is 0 Å². The van der Waals surface area contributed by atoms with Gasteiger partial charge in [-0.2, -0.15) is 0 Å². The van der Waals surface area contributed by atoms with Gasteiger partial charge in [0.25, 0.3) is 0 Å². The summed E-state index contributed by atoms with van der Waals surface area (Å²) < 4.78 is 0. The Morgan fingerprint density at radius 2 is 1.67 bits per heavy atom. The average Bonchev–Trinajstić information content (AvgIpc) is 2.39. The number of benzene rings is 1. The van der Waals surface area contributed by atoms with Gasteiger partial charge < -0.3 is 0 Å². The Bertz CT molecular complexity index is 378. The Hall–Kier alpha value is -0.200. The molecule has 1 aromatic rings. The number of rotatable bonds is 3. The third-order valence-electron chi connectivity index (χ3n) is 4.27. The molecule has 0 radical (unpaired) electrons. The second kappa shape index (κ2) is 6.30. The lowest BCUT2D eigenvalue weighted by Crippen LogP contribution is -2.16. The Labute approximate surface area is 121 Å². The van der Waals surface area contributed by atoms with Gasteiger partial charge in [-0.05, 0) is 55.6 Å². The highest BCUT2D eigenvalue weighted by Crippen LogP contribution is 2.39. The maximum absolute atomic E-state index is 6.28. The molecule has 0 saturated heterocycles. The Kier molecular flexibility index (Phi) is 4.98. The third-order valence-corrected chi connectivity index (χ3v) is 5.09. The first-order valence-electron chi connectivity index (χ1n) is 6.96. The van der Waals surface area contributed by atoms with Crippen LogP contribution in [-0.4, -0.2) is 10.8 Å². The van der Waals surface area contributed by atoms with E-state index in [1.165, 1.54) is 24.0 Å². The maximum Gasteiger partial charge on any atom is 0.0373 e. The molecule has 1 aliphatic rings. The highest BCUT2D eigenvalue weighted by Gasteiger charge is 2.24. The molecule has 2 rings (SSSR count). The van der Waals surface area contributed by atoms with Crippen LogP contribution >= 0.6 is 23.2 Å². The molecule has 1 aromatic carbocycles. The van der Waals surface area contributed by atoms with Gasteiger partial charge in [-0.25, -0.2) is 0 Å². The fourth-order valence-corrected chi connectivity index (χ4v) is 3.30. The SMILES string of the molecule is CC(Cl)C(C)c1ccccc1C1CCC(Cl)CC1. The van der Waals surface area contributed by atoms with Crippen molar-refractivity contribution in [3.05, 3.63) is 35.4 Å².